The summed E-state index contributed by atoms with van der Waals surface area (Å²) in [5.41, 5.74) is 5.77. The molecule has 0 aromatic carbocycles. The third-order valence-electron chi connectivity index (χ3n) is 2.97. The lowest BCUT2D eigenvalue weighted by Gasteiger charge is -2.27. The lowest BCUT2D eigenvalue weighted by molar-refractivity contribution is 0.0701. The van der Waals surface area contributed by atoms with Gasteiger partial charge in [-0.3, -0.25) is 4.79 Å². The number of aromatic nitrogens is 1. The van der Waals surface area contributed by atoms with E-state index < -0.39 is 0 Å². The van der Waals surface area contributed by atoms with E-state index in [4.69, 9.17) is 17.3 Å². The van der Waals surface area contributed by atoms with Crippen LogP contribution in [0, 0.1) is 5.92 Å². The molecule has 1 aromatic heterocycles. The van der Waals surface area contributed by atoms with E-state index >= 15 is 0 Å². The number of nitrogens with zero attached hydrogens (tertiary/aromatic N) is 2. The van der Waals surface area contributed by atoms with Gasteiger partial charge in [0.05, 0.1) is 5.02 Å². The standard InChI is InChI=1S/C12H18ClN3O/c1-7(2)8(3)16(4)12(17)11-9(13)5-6-10(14)15-11/h5-8H,1-4H3,(H2,14,15). The molecule has 5 heteroatoms. The third kappa shape index (κ3) is 3.09. The second-order valence-electron chi connectivity index (χ2n) is 4.47. The Bertz CT molecular complexity index is 420. The van der Waals surface area contributed by atoms with Gasteiger partial charge in [-0.1, -0.05) is 25.4 Å². The first-order valence-corrected chi connectivity index (χ1v) is 5.91. The molecule has 4 nitrogen and oxygen atoms in total. The molecular weight excluding hydrogens is 238 g/mol. The van der Waals surface area contributed by atoms with Crippen LogP contribution in [0.25, 0.3) is 0 Å². The summed E-state index contributed by atoms with van der Waals surface area (Å²) in [5.74, 6) is 0.454. The van der Waals surface area contributed by atoms with Gasteiger partial charge in [-0.2, -0.15) is 0 Å². The molecular formula is C12H18ClN3O. The average molecular weight is 256 g/mol. The predicted molar refractivity (Wildman–Crippen MR) is 70.1 cm³/mol. The molecule has 1 atom stereocenters. The molecule has 0 aliphatic rings. The second kappa shape index (κ2) is 5.36. The molecule has 0 bridgehead atoms. The van der Waals surface area contributed by atoms with Gasteiger partial charge in [0.25, 0.3) is 5.91 Å². The maximum atomic E-state index is 12.2. The van der Waals surface area contributed by atoms with E-state index in [1.165, 1.54) is 0 Å². The number of rotatable bonds is 3. The van der Waals surface area contributed by atoms with Crippen molar-refractivity contribution in [3.8, 4) is 0 Å². The molecule has 0 aliphatic heterocycles. The van der Waals surface area contributed by atoms with E-state index in [1.807, 2.05) is 6.92 Å². The smallest absolute Gasteiger partial charge is 0.274 e. The Labute approximate surface area is 107 Å². The Balaban J connectivity index is 3.00. The van der Waals surface area contributed by atoms with Crippen LogP contribution in [0.15, 0.2) is 12.1 Å². The number of halogens is 1. The summed E-state index contributed by atoms with van der Waals surface area (Å²) < 4.78 is 0. The summed E-state index contributed by atoms with van der Waals surface area (Å²) in [5, 5.41) is 0.326. The maximum Gasteiger partial charge on any atom is 0.274 e. The number of hydrogen-bond donors (Lipinski definition) is 1. The van der Waals surface area contributed by atoms with Crippen molar-refractivity contribution in [2.75, 3.05) is 12.8 Å². The fourth-order valence-electron chi connectivity index (χ4n) is 1.41. The minimum absolute atomic E-state index is 0.113. The zero-order valence-corrected chi connectivity index (χ0v) is 11.3. The summed E-state index contributed by atoms with van der Waals surface area (Å²) in [6.45, 7) is 6.11. The van der Waals surface area contributed by atoms with Crippen LogP contribution in [0.3, 0.4) is 0 Å². The van der Waals surface area contributed by atoms with Gasteiger partial charge in [0.2, 0.25) is 0 Å². The summed E-state index contributed by atoms with van der Waals surface area (Å²) in [6.07, 6.45) is 0. The zero-order chi connectivity index (χ0) is 13.2. The third-order valence-corrected chi connectivity index (χ3v) is 3.27. The lowest BCUT2D eigenvalue weighted by Crippen LogP contribution is -2.38. The first kappa shape index (κ1) is 13.8. The molecule has 17 heavy (non-hydrogen) atoms. The van der Waals surface area contributed by atoms with Crippen LogP contribution >= 0.6 is 11.6 Å². The van der Waals surface area contributed by atoms with Crippen molar-refractivity contribution >= 4 is 23.3 Å². The Morgan fingerprint density at radius 3 is 2.53 bits per heavy atom. The van der Waals surface area contributed by atoms with Gasteiger partial charge in [-0.15, -0.1) is 0 Å². The number of pyridine rings is 1. The van der Waals surface area contributed by atoms with E-state index in [0.29, 0.717) is 16.8 Å². The van der Waals surface area contributed by atoms with E-state index in [1.54, 1.807) is 24.1 Å². The van der Waals surface area contributed by atoms with Gasteiger partial charge < -0.3 is 10.6 Å². The molecule has 2 N–H and O–H groups in total. The monoisotopic (exact) mass is 255 g/mol. The molecule has 0 radical (unpaired) electrons. The van der Waals surface area contributed by atoms with Crippen molar-refractivity contribution in [3.63, 3.8) is 0 Å². The summed E-state index contributed by atoms with van der Waals surface area (Å²) in [4.78, 5) is 17.8. The Kier molecular flexibility index (Phi) is 4.34. The van der Waals surface area contributed by atoms with Crippen LogP contribution in [-0.4, -0.2) is 28.9 Å². The quantitative estimate of drug-likeness (QED) is 0.903. The van der Waals surface area contributed by atoms with E-state index in [9.17, 15) is 4.79 Å². The van der Waals surface area contributed by atoms with Gasteiger partial charge in [0.15, 0.2) is 0 Å². The van der Waals surface area contributed by atoms with E-state index in [2.05, 4.69) is 18.8 Å². The summed E-state index contributed by atoms with van der Waals surface area (Å²) >= 11 is 5.95. The first-order chi connectivity index (χ1) is 7.84. The van der Waals surface area contributed by atoms with Gasteiger partial charge in [-0.05, 0) is 25.0 Å². The number of hydrogen-bond acceptors (Lipinski definition) is 3. The number of nitrogens with two attached hydrogens (primary N) is 1. The highest BCUT2D eigenvalue weighted by Gasteiger charge is 2.22. The highest BCUT2D eigenvalue weighted by Crippen LogP contribution is 2.19. The molecule has 0 spiro atoms. The molecule has 1 rings (SSSR count). The molecule has 1 unspecified atom stereocenters. The van der Waals surface area contributed by atoms with Gasteiger partial charge in [0.1, 0.15) is 11.5 Å². The second-order valence-corrected chi connectivity index (χ2v) is 4.87. The Morgan fingerprint density at radius 2 is 2.00 bits per heavy atom. The normalized spacial score (nSPS) is 12.6. The number of anilines is 1. The zero-order valence-electron chi connectivity index (χ0n) is 10.6. The molecule has 0 saturated carbocycles. The van der Waals surface area contributed by atoms with E-state index in [-0.39, 0.29) is 17.6 Å². The van der Waals surface area contributed by atoms with E-state index in [0.717, 1.165) is 0 Å². The largest absolute Gasteiger partial charge is 0.384 e. The van der Waals surface area contributed by atoms with Crippen LogP contribution in [0.5, 0.6) is 0 Å². The minimum Gasteiger partial charge on any atom is -0.384 e. The minimum atomic E-state index is -0.205. The first-order valence-electron chi connectivity index (χ1n) is 5.53. The Morgan fingerprint density at radius 1 is 1.41 bits per heavy atom. The number of carbonyl (C=O) groups is 1. The number of nitrogen functional groups attached to an aromatic ring is 1. The summed E-state index contributed by atoms with van der Waals surface area (Å²) in [7, 11) is 1.74. The number of carbonyl (C=O) groups excluding carboxylic acids is 1. The predicted octanol–water partition coefficient (Wildman–Crippen LogP) is 2.43. The van der Waals surface area contributed by atoms with Crippen LogP contribution in [0.2, 0.25) is 5.02 Å². The molecule has 94 valence electrons. The average Bonchev–Trinajstić information content (AvgIpc) is 2.29. The van der Waals surface area contributed by atoms with Crippen molar-refractivity contribution in [1.82, 2.24) is 9.88 Å². The highest BCUT2D eigenvalue weighted by molar-refractivity contribution is 6.33. The number of amides is 1. The van der Waals surface area contributed by atoms with Gasteiger partial charge in [0, 0.05) is 13.1 Å². The fraction of sp³-hybridized carbons (Fsp3) is 0.500. The maximum absolute atomic E-state index is 12.2. The van der Waals surface area contributed by atoms with Crippen molar-refractivity contribution in [3.05, 3.63) is 22.8 Å². The molecule has 0 saturated heterocycles. The summed E-state index contributed by atoms with van der Waals surface area (Å²) in [6, 6.07) is 3.28. The Hall–Kier alpha value is -1.29. The van der Waals surface area contributed by atoms with Crippen LogP contribution in [-0.2, 0) is 0 Å². The van der Waals surface area contributed by atoms with Crippen LogP contribution in [0.4, 0.5) is 5.82 Å². The molecule has 0 aliphatic carbocycles. The van der Waals surface area contributed by atoms with Crippen molar-refractivity contribution in [1.29, 1.82) is 0 Å². The van der Waals surface area contributed by atoms with Crippen LogP contribution in [0.1, 0.15) is 31.3 Å². The van der Waals surface area contributed by atoms with Gasteiger partial charge >= 0.3 is 0 Å². The van der Waals surface area contributed by atoms with Crippen molar-refractivity contribution < 1.29 is 4.79 Å². The molecule has 1 aromatic rings. The fourth-order valence-corrected chi connectivity index (χ4v) is 1.59. The topological polar surface area (TPSA) is 59.2 Å². The molecule has 0 fully saturated rings. The molecule has 1 heterocycles. The lowest BCUT2D eigenvalue weighted by atomic mass is 10.0. The highest BCUT2D eigenvalue weighted by atomic mass is 35.5. The molecule has 1 amide bonds. The van der Waals surface area contributed by atoms with Crippen molar-refractivity contribution in [2.24, 2.45) is 5.92 Å². The van der Waals surface area contributed by atoms with Crippen LogP contribution < -0.4 is 5.73 Å². The van der Waals surface area contributed by atoms with Crippen molar-refractivity contribution in [2.45, 2.75) is 26.8 Å². The SMILES string of the molecule is CC(C)C(C)N(C)C(=O)c1nc(N)ccc1Cl. The van der Waals surface area contributed by atoms with Gasteiger partial charge in [-0.25, -0.2) is 4.98 Å².